The zero-order valence-electron chi connectivity index (χ0n) is 8.39. The number of piperidine rings is 1. The molecule has 1 spiro atoms. The molecule has 0 amide bonds. The molecule has 2 saturated heterocycles. The first-order valence-electron chi connectivity index (χ1n) is 5.32. The van der Waals surface area contributed by atoms with Gasteiger partial charge >= 0.3 is 0 Å². The maximum atomic E-state index is 10.8. The number of hydrogen-bond donors (Lipinski definition) is 1. The standard InChI is InChI=1S/C10H17IN2O/c11-9(14)1-6-13-7-10(8-13)2-4-12-5-3-10/h12H,1-8H2. The third-order valence-corrected chi connectivity index (χ3v) is 3.95. The molecule has 0 saturated carbocycles. The van der Waals surface area contributed by atoms with Crippen molar-refractivity contribution in [2.24, 2.45) is 5.41 Å². The zero-order valence-corrected chi connectivity index (χ0v) is 10.5. The lowest BCUT2D eigenvalue weighted by Gasteiger charge is -2.52. The van der Waals surface area contributed by atoms with Crippen LogP contribution in [0.1, 0.15) is 19.3 Å². The number of carbonyl (C=O) groups is 1. The highest BCUT2D eigenvalue weighted by Crippen LogP contribution is 2.38. The molecule has 0 radical (unpaired) electrons. The number of nitrogens with one attached hydrogen (secondary N) is 1. The van der Waals surface area contributed by atoms with E-state index in [2.05, 4.69) is 10.2 Å². The summed E-state index contributed by atoms with van der Waals surface area (Å²) in [5, 5.41) is 3.40. The Kier molecular flexibility index (Phi) is 3.44. The zero-order chi connectivity index (χ0) is 10.0. The molecule has 2 aliphatic heterocycles. The molecule has 4 heteroatoms. The van der Waals surface area contributed by atoms with Gasteiger partial charge in [-0.3, -0.25) is 4.79 Å². The molecule has 0 unspecified atom stereocenters. The van der Waals surface area contributed by atoms with Crippen LogP contribution in [0, 0.1) is 5.41 Å². The molecule has 2 aliphatic rings. The molecule has 0 bridgehead atoms. The van der Waals surface area contributed by atoms with E-state index in [-0.39, 0.29) is 3.79 Å². The Balaban J connectivity index is 1.70. The Hall–Kier alpha value is 0.320. The van der Waals surface area contributed by atoms with Crippen molar-refractivity contribution in [3.8, 4) is 0 Å². The minimum absolute atomic E-state index is 0.286. The second-order valence-corrected chi connectivity index (χ2v) is 5.77. The maximum absolute atomic E-state index is 10.8. The van der Waals surface area contributed by atoms with E-state index in [4.69, 9.17) is 0 Å². The summed E-state index contributed by atoms with van der Waals surface area (Å²) in [5.41, 5.74) is 0.611. The maximum Gasteiger partial charge on any atom is 0.193 e. The summed E-state index contributed by atoms with van der Waals surface area (Å²) in [6.07, 6.45) is 3.36. The van der Waals surface area contributed by atoms with E-state index in [1.165, 1.54) is 39.0 Å². The van der Waals surface area contributed by atoms with Crippen molar-refractivity contribution >= 4 is 26.4 Å². The fraction of sp³-hybridized carbons (Fsp3) is 0.900. The van der Waals surface area contributed by atoms with E-state index in [1.54, 1.807) is 0 Å². The molecule has 2 heterocycles. The van der Waals surface area contributed by atoms with Gasteiger partial charge in [0, 0.05) is 26.1 Å². The smallest absolute Gasteiger partial charge is 0.193 e. The quantitative estimate of drug-likeness (QED) is 0.624. The van der Waals surface area contributed by atoms with Gasteiger partial charge in [0.15, 0.2) is 3.79 Å². The lowest BCUT2D eigenvalue weighted by molar-refractivity contribution is -0.110. The van der Waals surface area contributed by atoms with E-state index in [0.717, 1.165) is 13.0 Å². The lowest BCUT2D eigenvalue weighted by atomic mass is 9.72. The fourth-order valence-corrected chi connectivity index (χ4v) is 2.82. The second-order valence-electron chi connectivity index (χ2n) is 4.57. The van der Waals surface area contributed by atoms with Gasteiger partial charge in [-0.15, -0.1) is 0 Å². The SMILES string of the molecule is O=C(I)CCN1CC2(CCNCC2)C1. The monoisotopic (exact) mass is 308 g/mol. The Morgan fingerprint density at radius 3 is 2.57 bits per heavy atom. The van der Waals surface area contributed by atoms with Gasteiger partial charge in [-0.05, 0) is 53.9 Å². The lowest BCUT2D eigenvalue weighted by Crippen LogP contribution is -2.59. The van der Waals surface area contributed by atoms with Gasteiger partial charge in [0.1, 0.15) is 0 Å². The molecule has 2 fully saturated rings. The number of rotatable bonds is 3. The van der Waals surface area contributed by atoms with Crippen molar-refractivity contribution in [1.29, 1.82) is 0 Å². The van der Waals surface area contributed by atoms with Crippen LogP contribution in [-0.4, -0.2) is 41.4 Å². The van der Waals surface area contributed by atoms with Crippen molar-refractivity contribution in [3.63, 3.8) is 0 Å². The molecule has 0 aromatic heterocycles. The van der Waals surface area contributed by atoms with Gasteiger partial charge in [-0.1, -0.05) is 0 Å². The van der Waals surface area contributed by atoms with Gasteiger partial charge < -0.3 is 10.2 Å². The Morgan fingerprint density at radius 1 is 1.36 bits per heavy atom. The summed E-state index contributed by atoms with van der Waals surface area (Å²) in [7, 11) is 0. The van der Waals surface area contributed by atoms with Crippen molar-refractivity contribution in [2.75, 3.05) is 32.7 Å². The van der Waals surface area contributed by atoms with E-state index in [9.17, 15) is 4.79 Å². The van der Waals surface area contributed by atoms with Crippen LogP contribution in [0.2, 0.25) is 0 Å². The third-order valence-electron chi connectivity index (χ3n) is 3.41. The summed E-state index contributed by atoms with van der Waals surface area (Å²) in [6.45, 7) is 5.77. The predicted molar refractivity (Wildman–Crippen MR) is 64.6 cm³/mol. The number of hydrogen-bond acceptors (Lipinski definition) is 3. The molecule has 3 nitrogen and oxygen atoms in total. The second kappa shape index (κ2) is 4.45. The summed E-state index contributed by atoms with van der Waals surface area (Å²) in [5.74, 6) is 0. The molecule has 80 valence electrons. The van der Waals surface area contributed by atoms with Gasteiger partial charge in [-0.2, -0.15) is 0 Å². The first kappa shape index (κ1) is 10.8. The molecule has 0 atom stereocenters. The van der Waals surface area contributed by atoms with Crippen LogP contribution in [0.3, 0.4) is 0 Å². The number of carbonyl (C=O) groups excluding carboxylic acids is 1. The van der Waals surface area contributed by atoms with E-state index < -0.39 is 0 Å². The molecule has 1 N–H and O–H groups in total. The topological polar surface area (TPSA) is 32.3 Å². The van der Waals surface area contributed by atoms with E-state index >= 15 is 0 Å². The molecule has 0 aromatic rings. The van der Waals surface area contributed by atoms with Gasteiger partial charge in [0.25, 0.3) is 0 Å². The minimum atomic E-state index is 0.286. The molecule has 14 heavy (non-hydrogen) atoms. The highest BCUT2D eigenvalue weighted by molar-refractivity contribution is 14.1. The molecular formula is C10H17IN2O. The summed E-state index contributed by atoms with van der Waals surface area (Å²) in [6, 6.07) is 0. The molecule has 0 aromatic carbocycles. The van der Waals surface area contributed by atoms with Crippen LogP contribution in [0.25, 0.3) is 0 Å². The third kappa shape index (κ3) is 2.46. The average molecular weight is 308 g/mol. The number of nitrogens with zero attached hydrogens (tertiary/aromatic N) is 1. The Labute approximate surface area is 98.7 Å². The van der Waals surface area contributed by atoms with Crippen LogP contribution < -0.4 is 5.32 Å². The fourth-order valence-electron chi connectivity index (χ4n) is 2.58. The van der Waals surface area contributed by atoms with Gasteiger partial charge in [-0.25, -0.2) is 0 Å². The number of halogens is 1. The predicted octanol–water partition coefficient (Wildman–Crippen LogP) is 1.02. The minimum Gasteiger partial charge on any atom is -0.317 e. The van der Waals surface area contributed by atoms with Crippen molar-refractivity contribution < 1.29 is 4.79 Å². The molecular weight excluding hydrogens is 291 g/mol. The van der Waals surface area contributed by atoms with Gasteiger partial charge in [0.05, 0.1) is 0 Å². The highest BCUT2D eigenvalue weighted by Gasteiger charge is 2.42. The summed E-state index contributed by atoms with van der Waals surface area (Å²) < 4.78 is 0.286. The van der Waals surface area contributed by atoms with E-state index in [1.807, 2.05) is 22.6 Å². The first-order valence-corrected chi connectivity index (χ1v) is 6.40. The molecule has 0 aliphatic carbocycles. The Bertz CT molecular complexity index is 218. The van der Waals surface area contributed by atoms with Crippen molar-refractivity contribution in [3.05, 3.63) is 0 Å². The van der Waals surface area contributed by atoms with Crippen LogP contribution in [0.15, 0.2) is 0 Å². The van der Waals surface area contributed by atoms with Crippen LogP contribution >= 0.6 is 22.6 Å². The van der Waals surface area contributed by atoms with Crippen LogP contribution in [-0.2, 0) is 4.79 Å². The number of likely N-dealkylation sites (tertiary alicyclic amines) is 1. The highest BCUT2D eigenvalue weighted by atomic mass is 127. The van der Waals surface area contributed by atoms with Crippen molar-refractivity contribution in [2.45, 2.75) is 19.3 Å². The normalized spacial score (nSPS) is 26.1. The largest absolute Gasteiger partial charge is 0.317 e. The molecule has 2 rings (SSSR count). The Morgan fingerprint density at radius 2 is 2.00 bits per heavy atom. The van der Waals surface area contributed by atoms with Crippen molar-refractivity contribution in [1.82, 2.24) is 10.2 Å². The summed E-state index contributed by atoms with van der Waals surface area (Å²) in [4.78, 5) is 13.2. The first-order chi connectivity index (χ1) is 6.70. The van der Waals surface area contributed by atoms with Crippen LogP contribution in [0.4, 0.5) is 0 Å². The van der Waals surface area contributed by atoms with Crippen LogP contribution in [0.5, 0.6) is 0 Å². The summed E-state index contributed by atoms with van der Waals surface area (Å²) >= 11 is 1.89. The van der Waals surface area contributed by atoms with Gasteiger partial charge in [0.2, 0.25) is 0 Å². The average Bonchev–Trinajstić information content (AvgIpc) is 2.12. The van der Waals surface area contributed by atoms with E-state index in [0.29, 0.717) is 5.41 Å².